The van der Waals surface area contributed by atoms with Gasteiger partial charge in [-0.1, -0.05) is 29.3 Å². The molecule has 11 heteroatoms. The number of hydrazone groups is 1. The molecule has 146 valence electrons. The van der Waals surface area contributed by atoms with Gasteiger partial charge in [-0.15, -0.1) is 11.3 Å². The maximum Gasteiger partial charge on any atom is 0.355 e. The van der Waals surface area contributed by atoms with Crippen LogP contribution in [0.15, 0.2) is 28.7 Å². The predicted octanol–water partition coefficient (Wildman–Crippen LogP) is 3.25. The van der Waals surface area contributed by atoms with Crippen LogP contribution < -0.4 is 10.7 Å². The van der Waals surface area contributed by atoms with Crippen LogP contribution in [0.5, 0.6) is 0 Å². The van der Waals surface area contributed by atoms with Crippen molar-refractivity contribution in [2.45, 2.75) is 25.9 Å². The number of hydrogen-bond donors (Lipinski definition) is 2. The van der Waals surface area contributed by atoms with Crippen LogP contribution in [0, 0.1) is 0 Å². The zero-order chi connectivity index (χ0) is 20.3. The summed E-state index contributed by atoms with van der Waals surface area (Å²) in [4.78, 5) is 39.6. The summed E-state index contributed by atoms with van der Waals surface area (Å²) < 4.78 is 5.09. The van der Waals surface area contributed by atoms with Crippen LogP contribution in [0.4, 0.5) is 5.13 Å². The minimum Gasteiger partial charge on any atom is -0.448 e. The van der Waals surface area contributed by atoms with Gasteiger partial charge in [0, 0.05) is 23.8 Å². The first-order valence-electron chi connectivity index (χ1n) is 8.11. The second-order valence-corrected chi connectivity index (χ2v) is 7.47. The summed E-state index contributed by atoms with van der Waals surface area (Å²) in [5, 5.41) is 9.17. The Kier molecular flexibility index (Phi) is 6.28. The first-order valence-corrected chi connectivity index (χ1v) is 9.75. The lowest BCUT2D eigenvalue weighted by Gasteiger charge is -2.15. The molecule has 0 fully saturated rings. The summed E-state index contributed by atoms with van der Waals surface area (Å²) in [7, 11) is 0. The molecular weight excluding hydrogens is 427 g/mol. The van der Waals surface area contributed by atoms with E-state index in [9.17, 15) is 14.4 Å². The smallest absolute Gasteiger partial charge is 0.355 e. The van der Waals surface area contributed by atoms with E-state index >= 15 is 0 Å². The molecule has 0 saturated carbocycles. The molecule has 1 aliphatic rings. The Balaban J connectivity index is 1.60. The topological polar surface area (TPSA) is 110 Å². The zero-order valence-corrected chi connectivity index (χ0v) is 16.8. The number of ether oxygens (including phenoxy) is 1. The monoisotopic (exact) mass is 440 g/mol. The third kappa shape index (κ3) is 4.86. The van der Waals surface area contributed by atoms with Crippen molar-refractivity contribution >= 4 is 63.2 Å². The molecule has 0 bridgehead atoms. The molecule has 8 nitrogen and oxygen atoms in total. The number of carbonyl (C=O) groups excluding carboxylic acids is 3. The molecule has 1 aromatic carbocycles. The lowest BCUT2D eigenvalue weighted by Crippen LogP contribution is -2.35. The van der Waals surface area contributed by atoms with E-state index in [1.807, 2.05) is 0 Å². The van der Waals surface area contributed by atoms with Gasteiger partial charge in [-0.3, -0.25) is 14.9 Å². The van der Waals surface area contributed by atoms with Crippen molar-refractivity contribution in [3.8, 4) is 11.3 Å². The first kappa shape index (κ1) is 20.2. The minimum absolute atomic E-state index is 0.0652. The number of thiazole rings is 1. The van der Waals surface area contributed by atoms with Crippen molar-refractivity contribution in [3.05, 3.63) is 33.6 Å². The molecule has 1 aromatic heterocycles. The van der Waals surface area contributed by atoms with Crippen molar-refractivity contribution < 1.29 is 19.1 Å². The number of aromatic nitrogens is 1. The van der Waals surface area contributed by atoms with Gasteiger partial charge in [0.2, 0.25) is 5.91 Å². The zero-order valence-electron chi connectivity index (χ0n) is 14.5. The van der Waals surface area contributed by atoms with Crippen LogP contribution in [0.2, 0.25) is 10.0 Å². The molecule has 1 unspecified atom stereocenters. The molecule has 1 aliphatic heterocycles. The fourth-order valence-corrected chi connectivity index (χ4v) is 3.25. The quantitative estimate of drug-likeness (QED) is 0.693. The van der Waals surface area contributed by atoms with Crippen molar-refractivity contribution in [1.82, 2.24) is 10.4 Å². The van der Waals surface area contributed by atoms with Gasteiger partial charge in [0.1, 0.15) is 5.71 Å². The summed E-state index contributed by atoms with van der Waals surface area (Å²) in [6.45, 7) is 1.43. The summed E-state index contributed by atoms with van der Waals surface area (Å²) in [5.41, 5.74) is 3.64. The maximum atomic E-state index is 12.3. The second kappa shape index (κ2) is 8.68. The van der Waals surface area contributed by atoms with E-state index < -0.39 is 18.0 Å². The molecular formula is C17H14Cl2N4O4S. The van der Waals surface area contributed by atoms with E-state index in [1.54, 1.807) is 23.6 Å². The highest BCUT2D eigenvalue weighted by Gasteiger charge is 2.25. The summed E-state index contributed by atoms with van der Waals surface area (Å²) in [6.07, 6.45) is -0.756. The largest absolute Gasteiger partial charge is 0.448 e. The summed E-state index contributed by atoms with van der Waals surface area (Å²) in [6, 6.07) is 5.11. The van der Waals surface area contributed by atoms with E-state index in [-0.39, 0.29) is 24.5 Å². The standard InChI is InChI=1S/C17H14Cl2N4O4S/c1-8(27-16(26)12-4-5-14(24)23-22-12)15(25)21-17-20-13(7-28-17)9-2-3-10(18)11(19)6-9/h2-3,6-8H,4-5H2,1H3,(H,23,24)(H,20,21,25). The molecule has 1 atom stereocenters. The number of esters is 1. The highest BCUT2D eigenvalue weighted by atomic mass is 35.5. The van der Waals surface area contributed by atoms with Crippen LogP contribution in [-0.2, 0) is 19.1 Å². The van der Waals surface area contributed by atoms with E-state index in [4.69, 9.17) is 27.9 Å². The Bertz CT molecular complexity index is 976. The Morgan fingerprint density at radius 1 is 1.29 bits per heavy atom. The van der Waals surface area contributed by atoms with E-state index in [1.165, 1.54) is 18.3 Å². The Morgan fingerprint density at radius 2 is 2.07 bits per heavy atom. The van der Waals surface area contributed by atoms with Crippen LogP contribution in [-0.4, -0.2) is 34.6 Å². The van der Waals surface area contributed by atoms with Gasteiger partial charge in [0.05, 0.1) is 15.7 Å². The Hall–Kier alpha value is -2.49. The minimum atomic E-state index is -1.06. The third-order valence-corrected chi connectivity index (χ3v) is 5.24. The summed E-state index contributed by atoms with van der Waals surface area (Å²) in [5.74, 6) is -1.56. The second-order valence-electron chi connectivity index (χ2n) is 5.80. The highest BCUT2D eigenvalue weighted by molar-refractivity contribution is 7.14. The summed E-state index contributed by atoms with van der Waals surface area (Å²) >= 11 is 13.1. The van der Waals surface area contributed by atoms with Crippen molar-refractivity contribution in [3.63, 3.8) is 0 Å². The van der Waals surface area contributed by atoms with E-state index in [2.05, 4.69) is 20.8 Å². The molecule has 2 amide bonds. The van der Waals surface area contributed by atoms with Crippen molar-refractivity contribution in [2.75, 3.05) is 5.32 Å². The molecule has 2 N–H and O–H groups in total. The van der Waals surface area contributed by atoms with E-state index in [0.29, 0.717) is 20.9 Å². The van der Waals surface area contributed by atoms with Gasteiger partial charge in [-0.25, -0.2) is 15.2 Å². The van der Waals surface area contributed by atoms with Crippen molar-refractivity contribution in [1.29, 1.82) is 0 Å². The maximum absolute atomic E-state index is 12.3. The molecule has 3 rings (SSSR count). The number of hydrogen-bond acceptors (Lipinski definition) is 7. The molecule has 0 saturated heterocycles. The number of amides is 2. The number of anilines is 1. The molecule has 0 radical (unpaired) electrons. The van der Waals surface area contributed by atoms with E-state index in [0.717, 1.165) is 5.56 Å². The van der Waals surface area contributed by atoms with Gasteiger partial charge in [-0.2, -0.15) is 5.10 Å². The number of rotatable bonds is 5. The van der Waals surface area contributed by atoms with Crippen LogP contribution in [0.3, 0.4) is 0 Å². The van der Waals surface area contributed by atoms with Gasteiger partial charge in [0.15, 0.2) is 11.2 Å². The van der Waals surface area contributed by atoms with Crippen LogP contribution in [0.25, 0.3) is 11.3 Å². The third-order valence-electron chi connectivity index (χ3n) is 3.74. The fourth-order valence-electron chi connectivity index (χ4n) is 2.23. The number of benzene rings is 1. The number of carbonyl (C=O) groups is 3. The molecule has 28 heavy (non-hydrogen) atoms. The van der Waals surface area contributed by atoms with Gasteiger partial charge < -0.3 is 4.74 Å². The Morgan fingerprint density at radius 3 is 2.75 bits per heavy atom. The molecule has 2 heterocycles. The van der Waals surface area contributed by atoms with Gasteiger partial charge in [0.25, 0.3) is 5.91 Å². The molecule has 0 aliphatic carbocycles. The molecule has 2 aromatic rings. The average Bonchev–Trinajstić information content (AvgIpc) is 3.12. The normalized spacial score (nSPS) is 14.7. The van der Waals surface area contributed by atoms with Crippen molar-refractivity contribution in [2.24, 2.45) is 5.10 Å². The first-order chi connectivity index (χ1) is 13.3. The van der Waals surface area contributed by atoms with Gasteiger partial charge >= 0.3 is 5.97 Å². The predicted molar refractivity (Wildman–Crippen MR) is 107 cm³/mol. The lowest BCUT2D eigenvalue weighted by molar-refractivity contribution is -0.146. The van der Waals surface area contributed by atoms with Crippen LogP contribution in [0.1, 0.15) is 19.8 Å². The number of nitrogens with one attached hydrogen (secondary N) is 2. The highest BCUT2D eigenvalue weighted by Crippen LogP contribution is 2.30. The number of halogens is 2. The fraction of sp³-hybridized carbons (Fsp3) is 0.235. The lowest BCUT2D eigenvalue weighted by atomic mass is 10.2. The Labute approximate surface area is 173 Å². The number of nitrogens with zero attached hydrogens (tertiary/aromatic N) is 2. The average molecular weight is 441 g/mol. The SMILES string of the molecule is CC(OC(=O)C1=NNC(=O)CC1)C(=O)Nc1nc(-c2ccc(Cl)c(Cl)c2)cs1. The van der Waals surface area contributed by atoms with Crippen LogP contribution >= 0.6 is 34.5 Å². The van der Waals surface area contributed by atoms with Gasteiger partial charge in [-0.05, 0) is 19.1 Å². The molecule has 0 spiro atoms.